The fourth-order valence-electron chi connectivity index (χ4n) is 3.13. The molecule has 3 nitrogen and oxygen atoms in total. The summed E-state index contributed by atoms with van der Waals surface area (Å²) in [5.74, 6) is -0.0615. The van der Waals surface area contributed by atoms with Crippen LogP contribution < -0.4 is 4.90 Å². The van der Waals surface area contributed by atoms with Crippen LogP contribution in [0.15, 0.2) is 59.5 Å². The lowest BCUT2D eigenvalue weighted by Crippen LogP contribution is -2.27. The second kappa shape index (κ2) is 6.17. The Hall–Kier alpha value is -2.37. The molecule has 0 atom stereocenters. The number of aryl methyl sites for hydroxylation is 1. The Labute approximate surface area is 155 Å². The standard InChI is InChI=1S/C20H16N2OS2/c1-13-16(15-10-6-7-11-17(15)21(13)2)12-18-19(23)22(20(24)25-18)14-8-4-3-5-9-14/h3-12H,1-2H3/b18-12-. The van der Waals surface area contributed by atoms with Crippen molar-refractivity contribution in [1.82, 2.24) is 4.57 Å². The predicted octanol–water partition coefficient (Wildman–Crippen LogP) is 4.89. The van der Waals surface area contributed by atoms with E-state index in [0.29, 0.717) is 9.23 Å². The molecule has 0 unspecified atom stereocenters. The average molecular weight is 364 g/mol. The van der Waals surface area contributed by atoms with Crippen LogP contribution in [0.25, 0.3) is 17.0 Å². The number of carbonyl (C=O) groups excluding carboxylic acids is 1. The van der Waals surface area contributed by atoms with E-state index in [9.17, 15) is 4.79 Å². The summed E-state index contributed by atoms with van der Waals surface area (Å²) in [6, 6.07) is 17.8. The lowest BCUT2D eigenvalue weighted by molar-refractivity contribution is -0.113. The maximum atomic E-state index is 12.9. The number of fused-ring (bicyclic) bond motifs is 1. The molecule has 1 saturated heterocycles. The van der Waals surface area contributed by atoms with Crippen LogP contribution in [0, 0.1) is 6.92 Å². The summed E-state index contributed by atoms with van der Waals surface area (Å²) in [5, 5.41) is 1.15. The van der Waals surface area contributed by atoms with Gasteiger partial charge in [0.1, 0.15) is 0 Å². The van der Waals surface area contributed by atoms with Crippen molar-refractivity contribution in [3.05, 3.63) is 70.8 Å². The highest BCUT2D eigenvalue weighted by molar-refractivity contribution is 8.27. The van der Waals surface area contributed by atoms with Crippen LogP contribution in [0.5, 0.6) is 0 Å². The molecule has 4 rings (SSSR count). The molecule has 2 aromatic carbocycles. The van der Waals surface area contributed by atoms with Gasteiger partial charge in [0.25, 0.3) is 5.91 Å². The van der Waals surface area contributed by atoms with Crippen LogP contribution in [0.3, 0.4) is 0 Å². The molecule has 0 spiro atoms. The van der Waals surface area contributed by atoms with Gasteiger partial charge in [-0.25, -0.2) is 0 Å². The van der Waals surface area contributed by atoms with Crippen molar-refractivity contribution in [3.63, 3.8) is 0 Å². The minimum absolute atomic E-state index is 0.0615. The Kier molecular flexibility index (Phi) is 3.98. The van der Waals surface area contributed by atoms with E-state index in [1.807, 2.05) is 55.6 Å². The Morgan fingerprint density at radius 1 is 1.04 bits per heavy atom. The minimum atomic E-state index is -0.0615. The maximum absolute atomic E-state index is 12.9. The molecule has 1 aromatic heterocycles. The van der Waals surface area contributed by atoms with E-state index in [1.54, 1.807) is 4.90 Å². The number of thiocarbonyl (C=S) groups is 1. The number of hydrogen-bond donors (Lipinski definition) is 0. The van der Waals surface area contributed by atoms with Crippen molar-refractivity contribution in [2.24, 2.45) is 7.05 Å². The topological polar surface area (TPSA) is 25.2 Å². The van der Waals surface area contributed by atoms with Crippen LogP contribution >= 0.6 is 24.0 Å². The number of hydrogen-bond acceptors (Lipinski definition) is 3. The van der Waals surface area contributed by atoms with Gasteiger partial charge in [-0.1, -0.05) is 60.4 Å². The fourth-order valence-corrected chi connectivity index (χ4v) is 4.41. The lowest BCUT2D eigenvalue weighted by Gasteiger charge is -2.13. The monoisotopic (exact) mass is 364 g/mol. The molecule has 2 heterocycles. The second-order valence-electron chi connectivity index (χ2n) is 5.93. The van der Waals surface area contributed by atoms with Crippen LogP contribution in [0.2, 0.25) is 0 Å². The van der Waals surface area contributed by atoms with Crippen molar-refractivity contribution in [3.8, 4) is 0 Å². The normalized spacial score (nSPS) is 16.4. The highest BCUT2D eigenvalue weighted by atomic mass is 32.2. The summed E-state index contributed by atoms with van der Waals surface area (Å²) in [6.45, 7) is 2.07. The first-order chi connectivity index (χ1) is 12.1. The molecular weight excluding hydrogens is 348 g/mol. The quantitative estimate of drug-likeness (QED) is 0.478. The largest absolute Gasteiger partial charge is 0.347 e. The van der Waals surface area contributed by atoms with Gasteiger partial charge < -0.3 is 4.57 Å². The Bertz CT molecular complexity index is 1030. The first kappa shape index (κ1) is 16.1. The molecule has 0 saturated carbocycles. The Morgan fingerprint density at radius 3 is 2.48 bits per heavy atom. The Balaban J connectivity index is 1.80. The van der Waals surface area contributed by atoms with Gasteiger partial charge in [-0.05, 0) is 31.2 Å². The molecule has 25 heavy (non-hydrogen) atoms. The molecule has 124 valence electrons. The zero-order chi connectivity index (χ0) is 17.6. The number of carbonyl (C=O) groups is 1. The van der Waals surface area contributed by atoms with Crippen LogP contribution in [0.1, 0.15) is 11.3 Å². The zero-order valence-corrected chi connectivity index (χ0v) is 15.5. The van der Waals surface area contributed by atoms with Gasteiger partial charge >= 0.3 is 0 Å². The number of benzene rings is 2. The SMILES string of the molecule is Cc1c(/C=C2\SC(=S)N(c3ccccc3)C2=O)c2ccccc2n1C. The number of rotatable bonds is 2. The molecule has 0 bridgehead atoms. The highest BCUT2D eigenvalue weighted by Crippen LogP contribution is 2.37. The molecular formula is C20H16N2OS2. The lowest BCUT2D eigenvalue weighted by atomic mass is 10.1. The van der Waals surface area contributed by atoms with Crippen molar-refractivity contribution < 1.29 is 4.79 Å². The molecule has 0 N–H and O–H groups in total. The number of nitrogens with zero attached hydrogens (tertiary/aromatic N) is 2. The molecule has 1 aliphatic rings. The molecule has 1 aliphatic heterocycles. The number of amides is 1. The number of anilines is 1. The van der Waals surface area contributed by atoms with Gasteiger partial charge in [-0.3, -0.25) is 9.69 Å². The van der Waals surface area contributed by atoms with E-state index >= 15 is 0 Å². The Morgan fingerprint density at radius 2 is 1.72 bits per heavy atom. The van der Waals surface area contributed by atoms with Gasteiger partial charge in [0, 0.05) is 29.2 Å². The van der Waals surface area contributed by atoms with Gasteiger partial charge in [0.05, 0.1) is 10.6 Å². The third kappa shape index (κ3) is 2.60. The van der Waals surface area contributed by atoms with Crippen molar-refractivity contribution >= 4 is 56.9 Å². The van der Waals surface area contributed by atoms with Crippen LogP contribution in [0.4, 0.5) is 5.69 Å². The maximum Gasteiger partial charge on any atom is 0.270 e. The minimum Gasteiger partial charge on any atom is -0.347 e. The summed E-state index contributed by atoms with van der Waals surface area (Å²) in [5.41, 5.74) is 4.17. The highest BCUT2D eigenvalue weighted by Gasteiger charge is 2.33. The fraction of sp³-hybridized carbons (Fsp3) is 0.100. The number of para-hydroxylation sites is 2. The molecule has 0 aliphatic carbocycles. The summed E-state index contributed by atoms with van der Waals surface area (Å²) in [6.07, 6.45) is 1.97. The molecule has 1 amide bonds. The first-order valence-corrected chi connectivity index (χ1v) is 9.17. The predicted molar refractivity (Wildman–Crippen MR) is 110 cm³/mol. The number of aromatic nitrogens is 1. The van der Waals surface area contributed by atoms with Gasteiger partial charge in [0.2, 0.25) is 0 Å². The van der Waals surface area contributed by atoms with Crippen LogP contribution in [-0.2, 0) is 11.8 Å². The summed E-state index contributed by atoms with van der Waals surface area (Å²) >= 11 is 6.81. The third-order valence-electron chi connectivity index (χ3n) is 4.53. The number of thioether (sulfide) groups is 1. The van der Waals surface area contributed by atoms with E-state index in [0.717, 1.165) is 27.8 Å². The summed E-state index contributed by atoms with van der Waals surface area (Å²) in [4.78, 5) is 15.2. The average Bonchev–Trinajstić information content (AvgIpc) is 3.04. The second-order valence-corrected chi connectivity index (χ2v) is 7.60. The van der Waals surface area contributed by atoms with Gasteiger partial charge in [0.15, 0.2) is 4.32 Å². The van der Waals surface area contributed by atoms with E-state index < -0.39 is 0 Å². The van der Waals surface area contributed by atoms with Crippen molar-refractivity contribution in [1.29, 1.82) is 0 Å². The van der Waals surface area contributed by atoms with E-state index in [-0.39, 0.29) is 5.91 Å². The first-order valence-electron chi connectivity index (χ1n) is 7.95. The van der Waals surface area contributed by atoms with Crippen LogP contribution in [-0.4, -0.2) is 14.8 Å². The molecule has 1 fully saturated rings. The van der Waals surface area contributed by atoms with Crippen molar-refractivity contribution in [2.75, 3.05) is 4.90 Å². The molecule has 0 radical (unpaired) electrons. The van der Waals surface area contributed by atoms with E-state index in [2.05, 4.69) is 23.6 Å². The zero-order valence-electron chi connectivity index (χ0n) is 13.9. The summed E-state index contributed by atoms with van der Waals surface area (Å²) < 4.78 is 2.72. The van der Waals surface area contributed by atoms with E-state index in [4.69, 9.17) is 12.2 Å². The molecule has 3 aromatic rings. The summed E-state index contributed by atoms with van der Waals surface area (Å²) in [7, 11) is 2.05. The van der Waals surface area contributed by atoms with E-state index in [1.165, 1.54) is 11.8 Å². The van der Waals surface area contributed by atoms with Gasteiger partial charge in [-0.2, -0.15) is 0 Å². The third-order valence-corrected chi connectivity index (χ3v) is 5.83. The van der Waals surface area contributed by atoms with Crippen molar-refractivity contribution in [2.45, 2.75) is 6.92 Å². The smallest absolute Gasteiger partial charge is 0.270 e. The van der Waals surface area contributed by atoms with Gasteiger partial charge in [-0.15, -0.1) is 0 Å². The molecule has 5 heteroatoms.